The molecule has 6 heteroatoms. The summed E-state index contributed by atoms with van der Waals surface area (Å²) >= 11 is 0. The highest BCUT2D eigenvalue weighted by molar-refractivity contribution is 7.37. The number of hydrogen-bond donors (Lipinski definition) is 0. The molecular weight excluding hydrogens is 382 g/mol. The zero-order chi connectivity index (χ0) is 21.3. The van der Waals surface area contributed by atoms with E-state index in [1.165, 1.54) is 116 Å². The summed E-state index contributed by atoms with van der Waals surface area (Å²) in [6.07, 6.45) is 29.8. The standard InChI is InChI=1S/C22H47P.BF4/c1-3-5-7-8-9-10-11-12-13-14-15-16-17-18-19-20-22-23-21-6-4-2;2-1(3,4)5/h23H,3-22H2,1-2H3;/q;-1/p+1. The minimum atomic E-state index is -6.00. The number of unbranched alkanes of at least 4 members (excludes halogenated alkanes) is 16. The van der Waals surface area contributed by atoms with Crippen LogP contribution < -0.4 is 0 Å². The van der Waals surface area contributed by atoms with E-state index in [1.54, 1.807) is 12.3 Å². The summed E-state index contributed by atoms with van der Waals surface area (Å²) in [4.78, 5) is 0. The highest BCUT2D eigenvalue weighted by atomic mass is 31.1. The Morgan fingerprint density at radius 2 is 0.679 bits per heavy atom. The van der Waals surface area contributed by atoms with Crippen LogP contribution in [0.5, 0.6) is 0 Å². The fourth-order valence-corrected chi connectivity index (χ4v) is 4.89. The third-order valence-electron chi connectivity index (χ3n) is 5.02. The molecule has 0 aliphatic carbocycles. The van der Waals surface area contributed by atoms with Crippen LogP contribution in [-0.4, -0.2) is 19.6 Å². The van der Waals surface area contributed by atoms with E-state index in [-0.39, 0.29) is 0 Å². The Bertz CT molecular complexity index is 250. The quantitative estimate of drug-likeness (QED) is 0.0780. The van der Waals surface area contributed by atoms with E-state index in [0.717, 1.165) is 8.58 Å². The van der Waals surface area contributed by atoms with Gasteiger partial charge in [0.1, 0.15) is 0 Å². The van der Waals surface area contributed by atoms with E-state index in [4.69, 9.17) is 0 Å². The molecule has 0 aromatic heterocycles. The van der Waals surface area contributed by atoms with Gasteiger partial charge in [-0.25, -0.2) is 0 Å². The number of halogens is 4. The van der Waals surface area contributed by atoms with Gasteiger partial charge in [-0.2, -0.15) is 0 Å². The minimum Gasteiger partial charge on any atom is -0.418 e. The number of rotatable bonds is 20. The first kappa shape index (κ1) is 30.4. The van der Waals surface area contributed by atoms with Crippen molar-refractivity contribution >= 4 is 15.8 Å². The van der Waals surface area contributed by atoms with Crippen molar-refractivity contribution in [2.24, 2.45) is 0 Å². The normalized spacial score (nSPS) is 11.8. The molecule has 0 N–H and O–H groups in total. The second-order valence-corrected chi connectivity index (χ2v) is 9.75. The smallest absolute Gasteiger partial charge is 0.418 e. The van der Waals surface area contributed by atoms with Crippen molar-refractivity contribution in [3.8, 4) is 0 Å². The van der Waals surface area contributed by atoms with Crippen LogP contribution in [0.1, 0.15) is 129 Å². The molecule has 0 amide bonds. The summed E-state index contributed by atoms with van der Waals surface area (Å²) in [6.45, 7) is 4.61. The van der Waals surface area contributed by atoms with Crippen LogP contribution in [0.4, 0.5) is 17.3 Å². The van der Waals surface area contributed by atoms with Crippen LogP contribution >= 0.6 is 8.58 Å². The topological polar surface area (TPSA) is 0 Å². The van der Waals surface area contributed by atoms with Gasteiger partial charge >= 0.3 is 7.25 Å². The van der Waals surface area contributed by atoms with Gasteiger partial charge in [0.2, 0.25) is 0 Å². The van der Waals surface area contributed by atoms with Crippen molar-refractivity contribution < 1.29 is 17.3 Å². The zero-order valence-electron chi connectivity index (χ0n) is 18.8. The highest BCUT2D eigenvalue weighted by Gasteiger charge is 2.20. The molecule has 0 aromatic rings. The van der Waals surface area contributed by atoms with Crippen molar-refractivity contribution in [1.29, 1.82) is 0 Å². The Hall–Kier alpha value is 0.215. The molecule has 0 aliphatic heterocycles. The van der Waals surface area contributed by atoms with Gasteiger partial charge in [-0.1, -0.05) is 110 Å². The molecule has 0 aliphatic rings. The minimum absolute atomic E-state index is 0.793. The second-order valence-electron chi connectivity index (χ2n) is 8.02. The summed E-state index contributed by atoms with van der Waals surface area (Å²) in [5.74, 6) is 0. The van der Waals surface area contributed by atoms with Gasteiger partial charge < -0.3 is 17.3 Å². The van der Waals surface area contributed by atoms with Crippen LogP contribution in [0, 0.1) is 0 Å². The highest BCUT2D eigenvalue weighted by Crippen LogP contribution is 2.17. The molecule has 1 unspecified atom stereocenters. The molecule has 0 nitrogen and oxygen atoms in total. The first-order valence-corrected chi connectivity index (χ1v) is 13.7. The lowest BCUT2D eigenvalue weighted by atomic mass is 10.0. The van der Waals surface area contributed by atoms with E-state index in [2.05, 4.69) is 13.8 Å². The Morgan fingerprint density at radius 3 is 1.00 bits per heavy atom. The summed E-state index contributed by atoms with van der Waals surface area (Å²) in [6, 6.07) is 0. The Labute approximate surface area is 175 Å². The fourth-order valence-electron chi connectivity index (χ4n) is 3.33. The molecule has 0 bridgehead atoms. The van der Waals surface area contributed by atoms with E-state index < -0.39 is 7.25 Å². The van der Waals surface area contributed by atoms with Gasteiger partial charge in [-0.05, 0) is 27.8 Å². The predicted molar refractivity (Wildman–Crippen MR) is 124 cm³/mol. The van der Waals surface area contributed by atoms with Crippen LogP contribution in [0.15, 0.2) is 0 Å². The average molecular weight is 430 g/mol. The van der Waals surface area contributed by atoms with E-state index in [9.17, 15) is 17.3 Å². The van der Waals surface area contributed by atoms with E-state index in [1.807, 2.05) is 0 Å². The van der Waals surface area contributed by atoms with Crippen molar-refractivity contribution in [3.63, 3.8) is 0 Å². The van der Waals surface area contributed by atoms with Gasteiger partial charge in [-0.3, -0.25) is 0 Å². The second kappa shape index (κ2) is 25.3. The summed E-state index contributed by atoms with van der Waals surface area (Å²) in [7, 11) is -5.21. The summed E-state index contributed by atoms with van der Waals surface area (Å²) in [5.41, 5.74) is 0. The summed E-state index contributed by atoms with van der Waals surface area (Å²) in [5, 5.41) is 0. The fraction of sp³-hybridized carbons (Fsp3) is 1.00. The largest absolute Gasteiger partial charge is 0.673 e. The van der Waals surface area contributed by atoms with Gasteiger partial charge in [-0.15, -0.1) is 0 Å². The first-order valence-electron chi connectivity index (χ1n) is 12.1. The van der Waals surface area contributed by atoms with Gasteiger partial charge in [0.05, 0.1) is 12.3 Å². The molecule has 0 spiro atoms. The van der Waals surface area contributed by atoms with Crippen molar-refractivity contribution in [2.45, 2.75) is 129 Å². The number of hydrogen-bond acceptors (Lipinski definition) is 0. The molecule has 0 radical (unpaired) electrons. The van der Waals surface area contributed by atoms with E-state index in [0.29, 0.717) is 0 Å². The first-order chi connectivity index (χ1) is 13.4. The molecule has 0 saturated carbocycles. The Balaban J connectivity index is 0. The average Bonchev–Trinajstić information content (AvgIpc) is 2.62. The maximum absolute atomic E-state index is 9.75. The van der Waals surface area contributed by atoms with Gasteiger partial charge in [0, 0.05) is 0 Å². The molecule has 0 fully saturated rings. The van der Waals surface area contributed by atoms with Gasteiger partial charge in [0.15, 0.2) is 0 Å². The molecule has 28 heavy (non-hydrogen) atoms. The van der Waals surface area contributed by atoms with Crippen LogP contribution in [0.2, 0.25) is 0 Å². The summed E-state index contributed by atoms with van der Waals surface area (Å²) < 4.78 is 39.0. The van der Waals surface area contributed by atoms with E-state index >= 15 is 0 Å². The molecule has 1 atom stereocenters. The van der Waals surface area contributed by atoms with Crippen molar-refractivity contribution in [2.75, 3.05) is 12.3 Å². The van der Waals surface area contributed by atoms with Gasteiger partial charge in [0.25, 0.3) is 0 Å². The third-order valence-corrected chi connectivity index (χ3v) is 6.66. The third kappa shape index (κ3) is 40.8. The zero-order valence-corrected chi connectivity index (χ0v) is 20.0. The molecule has 0 aromatic carbocycles. The predicted octanol–water partition coefficient (Wildman–Crippen LogP) is 9.76. The Kier molecular flexibility index (Phi) is 27.4. The Morgan fingerprint density at radius 1 is 0.429 bits per heavy atom. The molecule has 172 valence electrons. The van der Waals surface area contributed by atoms with Crippen molar-refractivity contribution in [1.82, 2.24) is 0 Å². The monoisotopic (exact) mass is 430 g/mol. The van der Waals surface area contributed by atoms with Crippen LogP contribution in [0.25, 0.3) is 0 Å². The molecule has 0 heterocycles. The SMILES string of the molecule is CCCCCCCCCCCCCCCCCC[PH2+]CCCC.F[B-](F)(F)F. The maximum Gasteiger partial charge on any atom is 0.673 e. The lowest BCUT2D eigenvalue weighted by Gasteiger charge is -2.03. The lowest BCUT2D eigenvalue weighted by molar-refractivity contribution is 0.368. The van der Waals surface area contributed by atoms with Crippen molar-refractivity contribution in [3.05, 3.63) is 0 Å². The van der Waals surface area contributed by atoms with Crippen LogP contribution in [-0.2, 0) is 0 Å². The van der Waals surface area contributed by atoms with Crippen LogP contribution in [0.3, 0.4) is 0 Å². The maximum atomic E-state index is 9.75. The molecule has 0 saturated heterocycles. The molecular formula is C22H48BF4P. The molecule has 0 rings (SSSR count). The lowest BCUT2D eigenvalue weighted by Crippen LogP contribution is -2.02.